The van der Waals surface area contributed by atoms with Crippen LogP contribution in [0.15, 0.2) is 18.2 Å². The summed E-state index contributed by atoms with van der Waals surface area (Å²) < 4.78 is 5.04. The van der Waals surface area contributed by atoms with Crippen LogP contribution in [0.1, 0.15) is 26.3 Å². The topological polar surface area (TPSA) is 81.5 Å². The Morgan fingerprint density at radius 2 is 2.11 bits per heavy atom. The van der Waals surface area contributed by atoms with Crippen molar-refractivity contribution in [2.75, 3.05) is 0 Å². The first-order valence-corrected chi connectivity index (χ1v) is 5.96. The van der Waals surface area contributed by atoms with Gasteiger partial charge >= 0.3 is 6.09 Å². The SMILES string of the molecule is CC(C)(C)OC(=O)NCc1ccc(Cl)cc1[N+](=O)[O-]. The van der Waals surface area contributed by atoms with Crippen LogP contribution in [0.25, 0.3) is 0 Å². The van der Waals surface area contributed by atoms with E-state index in [1.807, 2.05) is 0 Å². The molecule has 19 heavy (non-hydrogen) atoms. The van der Waals surface area contributed by atoms with Gasteiger partial charge in [0.25, 0.3) is 5.69 Å². The number of benzene rings is 1. The highest BCUT2D eigenvalue weighted by atomic mass is 35.5. The first kappa shape index (κ1) is 15.2. The Bertz CT molecular complexity index is 497. The summed E-state index contributed by atoms with van der Waals surface area (Å²) >= 11 is 5.69. The Morgan fingerprint density at radius 3 is 2.63 bits per heavy atom. The van der Waals surface area contributed by atoms with Crippen LogP contribution in [0.5, 0.6) is 0 Å². The van der Waals surface area contributed by atoms with Crippen molar-refractivity contribution in [3.63, 3.8) is 0 Å². The Labute approximate surface area is 115 Å². The predicted octanol–water partition coefficient (Wildman–Crippen LogP) is 3.27. The smallest absolute Gasteiger partial charge is 0.407 e. The fraction of sp³-hybridized carbons (Fsp3) is 0.417. The molecular weight excluding hydrogens is 272 g/mol. The van der Waals surface area contributed by atoms with Crippen LogP contribution < -0.4 is 5.32 Å². The van der Waals surface area contributed by atoms with Crippen LogP contribution in [0.4, 0.5) is 10.5 Å². The number of carbonyl (C=O) groups excluding carboxylic acids is 1. The molecule has 0 atom stereocenters. The fourth-order valence-corrected chi connectivity index (χ4v) is 1.50. The maximum absolute atomic E-state index is 11.5. The fourth-order valence-electron chi connectivity index (χ4n) is 1.34. The van der Waals surface area contributed by atoms with Crippen LogP contribution in [0.2, 0.25) is 5.02 Å². The molecule has 6 nitrogen and oxygen atoms in total. The van der Waals surface area contributed by atoms with Crippen LogP contribution in [0, 0.1) is 10.1 Å². The van der Waals surface area contributed by atoms with Gasteiger partial charge < -0.3 is 10.1 Å². The van der Waals surface area contributed by atoms with E-state index in [2.05, 4.69) is 5.32 Å². The first-order chi connectivity index (χ1) is 8.69. The average molecular weight is 287 g/mol. The minimum absolute atomic E-state index is 0.00238. The lowest BCUT2D eigenvalue weighted by molar-refractivity contribution is -0.385. The molecule has 0 saturated heterocycles. The number of amides is 1. The van der Waals surface area contributed by atoms with Gasteiger partial charge in [-0.15, -0.1) is 0 Å². The van der Waals surface area contributed by atoms with Gasteiger partial charge in [0, 0.05) is 16.7 Å². The predicted molar refractivity (Wildman–Crippen MR) is 71.2 cm³/mol. The summed E-state index contributed by atoms with van der Waals surface area (Å²) in [6.45, 7) is 5.20. The van der Waals surface area contributed by atoms with Crippen molar-refractivity contribution in [3.8, 4) is 0 Å². The molecule has 0 spiro atoms. The van der Waals surface area contributed by atoms with Crippen molar-refractivity contribution in [2.45, 2.75) is 32.9 Å². The number of nitrogens with zero attached hydrogens (tertiary/aromatic N) is 1. The summed E-state index contributed by atoms with van der Waals surface area (Å²) in [5.41, 5.74) is -0.389. The third-order valence-electron chi connectivity index (χ3n) is 2.07. The van der Waals surface area contributed by atoms with Crippen molar-refractivity contribution in [1.29, 1.82) is 0 Å². The lowest BCUT2D eigenvalue weighted by atomic mass is 10.2. The third-order valence-corrected chi connectivity index (χ3v) is 2.30. The second kappa shape index (κ2) is 5.88. The van der Waals surface area contributed by atoms with E-state index in [1.165, 1.54) is 18.2 Å². The highest BCUT2D eigenvalue weighted by Crippen LogP contribution is 2.23. The molecule has 0 bridgehead atoms. The van der Waals surface area contributed by atoms with E-state index in [-0.39, 0.29) is 17.3 Å². The van der Waals surface area contributed by atoms with Gasteiger partial charge in [-0.05, 0) is 32.9 Å². The number of ether oxygens (including phenoxy) is 1. The third kappa shape index (κ3) is 5.13. The highest BCUT2D eigenvalue weighted by Gasteiger charge is 2.18. The molecule has 0 fully saturated rings. The monoisotopic (exact) mass is 286 g/mol. The summed E-state index contributed by atoms with van der Waals surface area (Å²) in [6, 6.07) is 4.27. The summed E-state index contributed by atoms with van der Waals surface area (Å²) in [7, 11) is 0. The van der Waals surface area contributed by atoms with Gasteiger partial charge in [0.2, 0.25) is 0 Å². The maximum Gasteiger partial charge on any atom is 0.407 e. The van der Waals surface area contributed by atoms with Crippen LogP contribution >= 0.6 is 11.6 Å². The van der Waals surface area contributed by atoms with Gasteiger partial charge in [-0.2, -0.15) is 0 Å². The average Bonchev–Trinajstić information content (AvgIpc) is 2.24. The van der Waals surface area contributed by atoms with Gasteiger partial charge in [0.15, 0.2) is 0 Å². The van der Waals surface area contributed by atoms with E-state index in [4.69, 9.17) is 16.3 Å². The quantitative estimate of drug-likeness (QED) is 0.683. The summed E-state index contributed by atoms with van der Waals surface area (Å²) in [4.78, 5) is 21.8. The number of hydrogen-bond donors (Lipinski definition) is 1. The van der Waals surface area contributed by atoms with Crippen molar-refractivity contribution < 1.29 is 14.5 Å². The largest absolute Gasteiger partial charge is 0.444 e. The number of rotatable bonds is 3. The van der Waals surface area contributed by atoms with Gasteiger partial charge in [-0.1, -0.05) is 11.6 Å². The second-order valence-corrected chi connectivity index (χ2v) is 5.32. The molecule has 0 aliphatic rings. The number of nitro groups is 1. The summed E-state index contributed by atoms with van der Waals surface area (Å²) in [6.07, 6.45) is -0.628. The van der Waals surface area contributed by atoms with Crippen molar-refractivity contribution in [3.05, 3.63) is 38.9 Å². The molecule has 0 unspecified atom stereocenters. The van der Waals surface area contributed by atoms with Crippen LogP contribution in [-0.4, -0.2) is 16.6 Å². The molecule has 0 aromatic heterocycles. The van der Waals surface area contributed by atoms with Crippen LogP contribution in [-0.2, 0) is 11.3 Å². The Kier molecular flexibility index (Phi) is 4.72. The molecule has 0 aliphatic heterocycles. The van der Waals surface area contributed by atoms with Crippen molar-refractivity contribution in [2.24, 2.45) is 0 Å². The number of halogens is 1. The van der Waals surface area contributed by atoms with Gasteiger partial charge in [-0.3, -0.25) is 10.1 Å². The molecule has 1 amide bonds. The molecule has 7 heteroatoms. The van der Waals surface area contributed by atoms with Crippen LogP contribution in [0.3, 0.4) is 0 Å². The summed E-state index contributed by atoms with van der Waals surface area (Å²) in [5, 5.41) is 13.6. The number of nitro benzene ring substituents is 1. The normalized spacial score (nSPS) is 10.9. The molecule has 1 aromatic rings. The number of carbonyl (C=O) groups is 1. The van der Waals surface area contributed by atoms with E-state index in [1.54, 1.807) is 20.8 Å². The van der Waals surface area contributed by atoms with Gasteiger partial charge in [0.1, 0.15) is 5.60 Å². The number of nitrogens with one attached hydrogen (secondary N) is 1. The van der Waals surface area contributed by atoms with Crippen molar-refractivity contribution in [1.82, 2.24) is 5.32 Å². The molecule has 104 valence electrons. The second-order valence-electron chi connectivity index (χ2n) is 4.89. The molecule has 1 N–H and O–H groups in total. The lowest BCUT2D eigenvalue weighted by Gasteiger charge is -2.19. The Balaban J connectivity index is 2.73. The van der Waals surface area contributed by atoms with Gasteiger partial charge in [-0.25, -0.2) is 4.79 Å². The van der Waals surface area contributed by atoms with E-state index in [9.17, 15) is 14.9 Å². The Morgan fingerprint density at radius 1 is 1.47 bits per heavy atom. The van der Waals surface area contributed by atoms with Crippen molar-refractivity contribution >= 4 is 23.4 Å². The molecule has 0 heterocycles. The molecule has 0 radical (unpaired) electrons. The highest BCUT2D eigenvalue weighted by molar-refractivity contribution is 6.30. The van der Waals surface area contributed by atoms with E-state index in [0.29, 0.717) is 5.56 Å². The lowest BCUT2D eigenvalue weighted by Crippen LogP contribution is -2.32. The standard InChI is InChI=1S/C12H15ClN2O4/c1-12(2,3)19-11(16)14-7-8-4-5-9(13)6-10(8)15(17)18/h4-6H,7H2,1-3H3,(H,14,16). The zero-order valence-corrected chi connectivity index (χ0v) is 11.7. The minimum atomic E-state index is -0.628. The number of hydrogen-bond acceptors (Lipinski definition) is 4. The molecule has 1 rings (SSSR count). The molecule has 1 aromatic carbocycles. The van der Waals surface area contributed by atoms with E-state index in [0.717, 1.165) is 0 Å². The Hall–Kier alpha value is -1.82. The number of alkyl carbamates (subject to hydrolysis) is 1. The molecular formula is C12H15ClN2O4. The van der Waals surface area contributed by atoms with E-state index >= 15 is 0 Å². The molecule has 0 saturated carbocycles. The first-order valence-electron chi connectivity index (χ1n) is 5.59. The minimum Gasteiger partial charge on any atom is -0.444 e. The summed E-state index contributed by atoms with van der Waals surface area (Å²) in [5.74, 6) is 0. The van der Waals surface area contributed by atoms with Gasteiger partial charge in [0.05, 0.1) is 11.5 Å². The maximum atomic E-state index is 11.5. The van der Waals surface area contributed by atoms with E-state index < -0.39 is 16.6 Å². The zero-order valence-electron chi connectivity index (χ0n) is 10.9. The molecule has 0 aliphatic carbocycles. The zero-order chi connectivity index (χ0) is 14.6.